The second-order valence-corrected chi connectivity index (χ2v) is 6.70. The van der Waals surface area contributed by atoms with Crippen LogP contribution < -0.4 is 0 Å². The molecular weight excluding hydrogens is 347 g/mol. The van der Waals surface area contributed by atoms with Crippen LogP contribution in [0.25, 0.3) is 0 Å². The van der Waals surface area contributed by atoms with E-state index < -0.39 is 11.8 Å². The standard InChI is InChI=1S/C21H23FN2O3/c22-18-8-4-7-17(15-18)21(27)24-13-11-23(12-14-24)19(9-10-20(25)26)16-5-2-1-3-6-16/h1-8,15,19H,9-14H2,(H,25,26)/t19-/m1/s1. The van der Waals surface area contributed by atoms with Gasteiger partial charge < -0.3 is 10.0 Å². The molecule has 6 heteroatoms. The zero-order chi connectivity index (χ0) is 19.2. The van der Waals surface area contributed by atoms with Crippen molar-refractivity contribution in [2.45, 2.75) is 18.9 Å². The van der Waals surface area contributed by atoms with Crippen LogP contribution >= 0.6 is 0 Å². The van der Waals surface area contributed by atoms with Crippen molar-refractivity contribution in [3.8, 4) is 0 Å². The molecule has 3 rings (SSSR count). The van der Waals surface area contributed by atoms with Crippen molar-refractivity contribution in [2.24, 2.45) is 0 Å². The minimum absolute atomic E-state index is 0.00808. The molecule has 1 amide bonds. The first-order valence-corrected chi connectivity index (χ1v) is 9.10. The number of rotatable bonds is 6. The number of benzene rings is 2. The molecule has 2 aromatic carbocycles. The molecule has 1 heterocycles. The van der Waals surface area contributed by atoms with Crippen LogP contribution in [0.2, 0.25) is 0 Å². The predicted octanol–water partition coefficient (Wildman–Crippen LogP) is 3.19. The number of piperazine rings is 1. The van der Waals surface area contributed by atoms with E-state index in [2.05, 4.69) is 4.90 Å². The van der Waals surface area contributed by atoms with Gasteiger partial charge in [0, 0.05) is 44.2 Å². The van der Waals surface area contributed by atoms with Crippen LogP contribution in [0.3, 0.4) is 0 Å². The smallest absolute Gasteiger partial charge is 0.303 e. The maximum absolute atomic E-state index is 13.4. The average molecular weight is 370 g/mol. The summed E-state index contributed by atoms with van der Waals surface area (Å²) in [6, 6.07) is 15.6. The lowest BCUT2D eigenvalue weighted by atomic mass is 9.99. The van der Waals surface area contributed by atoms with Gasteiger partial charge in [-0.1, -0.05) is 36.4 Å². The Balaban J connectivity index is 1.66. The molecule has 5 nitrogen and oxygen atoms in total. The van der Waals surface area contributed by atoms with Gasteiger partial charge in [-0.3, -0.25) is 14.5 Å². The van der Waals surface area contributed by atoms with Crippen molar-refractivity contribution in [1.82, 2.24) is 9.80 Å². The monoisotopic (exact) mass is 370 g/mol. The van der Waals surface area contributed by atoms with Gasteiger partial charge in [0.2, 0.25) is 0 Å². The Bertz CT molecular complexity index is 789. The van der Waals surface area contributed by atoms with Gasteiger partial charge >= 0.3 is 5.97 Å². The Kier molecular flexibility index (Phi) is 6.19. The van der Waals surface area contributed by atoms with E-state index in [0.717, 1.165) is 5.56 Å². The fourth-order valence-corrected chi connectivity index (χ4v) is 3.54. The zero-order valence-electron chi connectivity index (χ0n) is 15.1. The number of hydrogen-bond acceptors (Lipinski definition) is 3. The van der Waals surface area contributed by atoms with E-state index in [-0.39, 0.29) is 18.4 Å². The van der Waals surface area contributed by atoms with Crippen LogP contribution in [-0.4, -0.2) is 53.0 Å². The Morgan fingerprint density at radius 1 is 1.00 bits per heavy atom. The summed E-state index contributed by atoms with van der Waals surface area (Å²) in [5.74, 6) is -1.40. The highest BCUT2D eigenvalue weighted by Gasteiger charge is 2.28. The molecule has 1 aliphatic rings. The molecule has 1 saturated heterocycles. The summed E-state index contributed by atoms with van der Waals surface area (Å²) < 4.78 is 13.4. The first-order chi connectivity index (χ1) is 13.0. The molecule has 1 N–H and O–H groups in total. The van der Waals surface area contributed by atoms with Gasteiger partial charge in [-0.05, 0) is 30.2 Å². The summed E-state index contributed by atoms with van der Waals surface area (Å²) in [5.41, 5.74) is 1.44. The summed E-state index contributed by atoms with van der Waals surface area (Å²) in [6.45, 7) is 2.37. The Hall–Kier alpha value is -2.73. The van der Waals surface area contributed by atoms with E-state index in [1.165, 1.54) is 18.2 Å². The molecule has 1 aliphatic heterocycles. The fraction of sp³-hybridized carbons (Fsp3) is 0.333. The highest BCUT2D eigenvalue weighted by atomic mass is 19.1. The number of carboxylic acids is 1. The van der Waals surface area contributed by atoms with Gasteiger partial charge in [0.25, 0.3) is 5.91 Å². The van der Waals surface area contributed by atoms with Crippen molar-refractivity contribution in [3.63, 3.8) is 0 Å². The second-order valence-electron chi connectivity index (χ2n) is 6.70. The van der Waals surface area contributed by atoms with Crippen LogP contribution in [0.1, 0.15) is 34.8 Å². The minimum atomic E-state index is -0.809. The van der Waals surface area contributed by atoms with E-state index in [9.17, 15) is 14.0 Å². The first-order valence-electron chi connectivity index (χ1n) is 9.10. The molecular formula is C21H23FN2O3. The number of hydrogen-bond donors (Lipinski definition) is 1. The fourth-order valence-electron chi connectivity index (χ4n) is 3.54. The number of carboxylic acid groups (broad SMARTS) is 1. The van der Waals surface area contributed by atoms with Gasteiger partial charge in [-0.25, -0.2) is 4.39 Å². The SMILES string of the molecule is O=C(O)CC[C@H](c1ccccc1)N1CCN(C(=O)c2cccc(F)c2)CC1. The molecule has 142 valence electrons. The molecule has 1 atom stereocenters. The van der Waals surface area contributed by atoms with Crippen LogP contribution in [0, 0.1) is 5.82 Å². The molecule has 0 bridgehead atoms. The molecule has 27 heavy (non-hydrogen) atoms. The third-order valence-corrected chi connectivity index (χ3v) is 4.93. The van der Waals surface area contributed by atoms with E-state index >= 15 is 0 Å². The number of amides is 1. The van der Waals surface area contributed by atoms with Crippen LogP contribution in [-0.2, 0) is 4.79 Å². The first kappa shape index (κ1) is 19.0. The molecule has 0 radical (unpaired) electrons. The molecule has 1 fully saturated rings. The van der Waals surface area contributed by atoms with Crippen molar-refractivity contribution in [2.75, 3.05) is 26.2 Å². The summed E-state index contributed by atoms with van der Waals surface area (Å²) in [7, 11) is 0. The van der Waals surface area contributed by atoms with E-state index in [1.54, 1.807) is 11.0 Å². The second kappa shape index (κ2) is 8.77. The molecule has 0 unspecified atom stereocenters. The molecule has 0 spiro atoms. The van der Waals surface area contributed by atoms with Crippen molar-refractivity contribution in [3.05, 3.63) is 71.5 Å². The highest BCUT2D eigenvalue weighted by Crippen LogP contribution is 2.27. The number of carbonyl (C=O) groups is 2. The minimum Gasteiger partial charge on any atom is -0.481 e. The average Bonchev–Trinajstić information content (AvgIpc) is 2.69. The number of aliphatic carboxylic acids is 1. The van der Waals surface area contributed by atoms with Gasteiger partial charge in [-0.2, -0.15) is 0 Å². The maximum Gasteiger partial charge on any atom is 0.303 e. The number of halogens is 1. The summed E-state index contributed by atoms with van der Waals surface area (Å²) in [5, 5.41) is 9.07. The number of carbonyl (C=O) groups excluding carboxylic acids is 1. The molecule has 2 aromatic rings. The van der Waals surface area contributed by atoms with E-state index in [4.69, 9.17) is 5.11 Å². The van der Waals surface area contributed by atoms with Crippen LogP contribution in [0.15, 0.2) is 54.6 Å². The summed E-state index contributed by atoms with van der Waals surface area (Å²) in [4.78, 5) is 27.6. The lowest BCUT2D eigenvalue weighted by Crippen LogP contribution is -2.49. The van der Waals surface area contributed by atoms with Gasteiger partial charge in [0.15, 0.2) is 0 Å². The normalized spacial score (nSPS) is 16.1. The predicted molar refractivity (Wildman–Crippen MR) is 99.9 cm³/mol. The van der Waals surface area contributed by atoms with Crippen molar-refractivity contribution < 1.29 is 19.1 Å². The molecule has 0 saturated carbocycles. The van der Waals surface area contributed by atoms with Gasteiger partial charge in [0.05, 0.1) is 0 Å². The summed E-state index contributed by atoms with van der Waals surface area (Å²) in [6.07, 6.45) is 0.624. The Morgan fingerprint density at radius 3 is 2.33 bits per heavy atom. The topological polar surface area (TPSA) is 60.9 Å². The van der Waals surface area contributed by atoms with Gasteiger partial charge in [-0.15, -0.1) is 0 Å². The molecule has 0 aromatic heterocycles. The lowest BCUT2D eigenvalue weighted by Gasteiger charge is -2.39. The quantitative estimate of drug-likeness (QED) is 0.848. The Labute approximate surface area is 158 Å². The lowest BCUT2D eigenvalue weighted by molar-refractivity contribution is -0.137. The van der Waals surface area contributed by atoms with Crippen molar-refractivity contribution in [1.29, 1.82) is 0 Å². The molecule has 0 aliphatic carbocycles. The summed E-state index contributed by atoms with van der Waals surface area (Å²) >= 11 is 0. The zero-order valence-corrected chi connectivity index (χ0v) is 15.1. The third kappa shape index (κ3) is 4.92. The van der Waals surface area contributed by atoms with Crippen LogP contribution in [0.5, 0.6) is 0 Å². The largest absolute Gasteiger partial charge is 0.481 e. The van der Waals surface area contributed by atoms with Crippen LogP contribution in [0.4, 0.5) is 4.39 Å². The highest BCUT2D eigenvalue weighted by molar-refractivity contribution is 5.94. The van der Waals surface area contributed by atoms with Gasteiger partial charge in [0.1, 0.15) is 5.82 Å². The number of nitrogens with zero attached hydrogens (tertiary/aromatic N) is 2. The van der Waals surface area contributed by atoms with E-state index in [0.29, 0.717) is 38.2 Å². The Morgan fingerprint density at radius 2 is 1.70 bits per heavy atom. The third-order valence-electron chi connectivity index (χ3n) is 4.93. The maximum atomic E-state index is 13.4. The van der Waals surface area contributed by atoms with Crippen molar-refractivity contribution >= 4 is 11.9 Å². The van der Waals surface area contributed by atoms with E-state index in [1.807, 2.05) is 30.3 Å².